The number of carbonyl (C=O) groups excluding carboxylic acids is 2. The molecule has 0 saturated heterocycles. The number of rotatable bonds is 0. The molecule has 0 N–H and O–H groups in total. The Morgan fingerprint density at radius 2 is 1.71 bits per heavy atom. The second-order valence-electron chi connectivity index (χ2n) is 8.83. The molecule has 0 aliphatic heterocycles. The van der Waals surface area contributed by atoms with E-state index < -0.39 is 0 Å². The summed E-state index contributed by atoms with van der Waals surface area (Å²) in [5.74, 6) is 3.80. The van der Waals surface area contributed by atoms with E-state index in [-0.39, 0.29) is 10.8 Å². The second-order valence-corrected chi connectivity index (χ2v) is 8.83. The first-order valence-electron chi connectivity index (χ1n) is 9.00. The van der Waals surface area contributed by atoms with E-state index in [0.717, 1.165) is 44.4 Å². The third kappa shape index (κ3) is 1.77. The molecule has 21 heavy (non-hydrogen) atoms. The van der Waals surface area contributed by atoms with Crippen LogP contribution in [0, 0.1) is 34.5 Å². The van der Waals surface area contributed by atoms with Crippen LogP contribution in [0.1, 0.15) is 71.6 Å². The number of Topliss-reactive ketones (excluding diaryl/α,β-unsaturated/α-hetero) is 2. The van der Waals surface area contributed by atoms with Crippen molar-refractivity contribution in [2.45, 2.75) is 71.6 Å². The molecule has 0 radical (unpaired) electrons. The molecule has 0 amide bonds. The molecule has 0 spiro atoms. The van der Waals surface area contributed by atoms with Gasteiger partial charge in [0.1, 0.15) is 11.6 Å². The van der Waals surface area contributed by atoms with Crippen LogP contribution in [0.2, 0.25) is 0 Å². The Hall–Kier alpha value is -0.660. The van der Waals surface area contributed by atoms with Crippen molar-refractivity contribution >= 4 is 11.6 Å². The zero-order valence-corrected chi connectivity index (χ0v) is 13.5. The van der Waals surface area contributed by atoms with Gasteiger partial charge < -0.3 is 0 Å². The normalized spacial score (nSPS) is 53.0. The van der Waals surface area contributed by atoms with Gasteiger partial charge in [-0.05, 0) is 67.6 Å². The van der Waals surface area contributed by atoms with E-state index in [2.05, 4.69) is 13.8 Å². The lowest BCUT2D eigenvalue weighted by molar-refractivity contribution is -0.146. The lowest BCUT2D eigenvalue weighted by Gasteiger charge is -2.59. The molecule has 0 heterocycles. The summed E-state index contributed by atoms with van der Waals surface area (Å²) in [5, 5.41) is 0. The lowest BCUT2D eigenvalue weighted by Crippen LogP contribution is -2.53. The smallest absolute Gasteiger partial charge is 0.139 e. The highest BCUT2D eigenvalue weighted by molar-refractivity contribution is 5.87. The van der Waals surface area contributed by atoms with E-state index in [1.54, 1.807) is 0 Å². The first kappa shape index (κ1) is 14.0. The molecule has 4 fully saturated rings. The highest BCUT2D eigenvalue weighted by Gasteiger charge is 2.60. The highest BCUT2D eigenvalue weighted by Crippen LogP contribution is 2.65. The summed E-state index contributed by atoms with van der Waals surface area (Å²) in [6.07, 6.45) is 9.55. The van der Waals surface area contributed by atoms with Crippen LogP contribution in [-0.2, 0) is 9.59 Å². The summed E-state index contributed by atoms with van der Waals surface area (Å²) in [6.45, 7) is 4.65. The van der Waals surface area contributed by atoms with Crippen molar-refractivity contribution in [3.05, 3.63) is 0 Å². The summed E-state index contributed by atoms with van der Waals surface area (Å²) in [4.78, 5) is 24.5. The van der Waals surface area contributed by atoms with Gasteiger partial charge >= 0.3 is 0 Å². The van der Waals surface area contributed by atoms with Crippen molar-refractivity contribution in [2.24, 2.45) is 34.5 Å². The molecule has 0 aromatic rings. The first-order chi connectivity index (χ1) is 9.95. The topological polar surface area (TPSA) is 34.1 Å². The number of hydrogen-bond donors (Lipinski definition) is 0. The van der Waals surface area contributed by atoms with Gasteiger partial charge in [-0.3, -0.25) is 9.59 Å². The molecular formula is C19H28O2. The Bertz CT molecular complexity index is 496. The van der Waals surface area contributed by atoms with E-state index in [0.29, 0.717) is 29.3 Å². The first-order valence-corrected chi connectivity index (χ1v) is 9.00. The Balaban J connectivity index is 1.67. The second kappa shape index (κ2) is 4.43. The fourth-order valence-corrected chi connectivity index (χ4v) is 6.90. The van der Waals surface area contributed by atoms with E-state index in [9.17, 15) is 9.59 Å². The van der Waals surface area contributed by atoms with Crippen molar-refractivity contribution in [3.8, 4) is 0 Å². The van der Waals surface area contributed by atoms with Gasteiger partial charge in [-0.1, -0.05) is 13.8 Å². The van der Waals surface area contributed by atoms with Crippen LogP contribution in [0.4, 0.5) is 0 Å². The van der Waals surface area contributed by atoms with Gasteiger partial charge in [0.25, 0.3) is 0 Å². The molecule has 116 valence electrons. The Morgan fingerprint density at radius 1 is 0.905 bits per heavy atom. The minimum absolute atomic E-state index is 0.0248. The predicted octanol–water partition coefficient (Wildman–Crippen LogP) is 4.17. The van der Waals surface area contributed by atoms with Gasteiger partial charge in [-0.2, -0.15) is 0 Å². The van der Waals surface area contributed by atoms with Crippen LogP contribution in [-0.4, -0.2) is 11.6 Å². The largest absolute Gasteiger partial charge is 0.300 e. The van der Waals surface area contributed by atoms with Crippen LogP contribution in [0.5, 0.6) is 0 Å². The molecule has 4 rings (SSSR count). The number of fused-ring (bicyclic) bond motifs is 5. The van der Waals surface area contributed by atoms with Gasteiger partial charge in [0.15, 0.2) is 0 Å². The maximum absolute atomic E-state index is 12.4. The molecule has 0 aromatic carbocycles. The zero-order valence-electron chi connectivity index (χ0n) is 13.5. The average molecular weight is 288 g/mol. The van der Waals surface area contributed by atoms with E-state index in [4.69, 9.17) is 0 Å². The van der Waals surface area contributed by atoms with Crippen molar-refractivity contribution in [3.63, 3.8) is 0 Å². The summed E-state index contributed by atoms with van der Waals surface area (Å²) in [7, 11) is 0. The van der Waals surface area contributed by atoms with Crippen LogP contribution in [0.25, 0.3) is 0 Å². The van der Waals surface area contributed by atoms with Crippen LogP contribution in [0.15, 0.2) is 0 Å². The molecule has 2 heteroatoms. The zero-order chi connectivity index (χ0) is 14.8. The average Bonchev–Trinajstić information content (AvgIpc) is 2.74. The molecule has 0 unspecified atom stereocenters. The van der Waals surface area contributed by atoms with Gasteiger partial charge in [-0.15, -0.1) is 0 Å². The highest BCUT2D eigenvalue weighted by atomic mass is 16.1. The van der Waals surface area contributed by atoms with Gasteiger partial charge in [0.2, 0.25) is 0 Å². The van der Waals surface area contributed by atoms with Crippen LogP contribution >= 0.6 is 0 Å². The standard InChI is InChI=1S/C19H28O2/c1-18-10-9-16-14(15(18)7-8-17(18)21)6-4-12-3-5-13(20)11-19(12,16)2/h12,14-16H,3-11H2,1-2H3/t12-,14+,15+,16+,18+,19+/m1/s1. The Labute approximate surface area is 128 Å². The molecular weight excluding hydrogens is 260 g/mol. The molecule has 4 saturated carbocycles. The van der Waals surface area contributed by atoms with E-state index >= 15 is 0 Å². The number of hydrogen-bond acceptors (Lipinski definition) is 2. The van der Waals surface area contributed by atoms with E-state index in [1.807, 2.05) is 0 Å². The van der Waals surface area contributed by atoms with Gasteiger partial charge in [0.05, 0.1) is 0 Å². The summed E-state index contributed by atoms with van der Waals surface area (Å²) >= 11 is 0. The monoisotopic (exact) mass is 288 g/mol. The lowest BCUT2D eigenvalue weighted by atomic mass is 9.45. The maximum atomic E-state index is 12.4. The van der Waals surface area contributed by atoms with Crippen molar-refractivity contribution in [1.29, 1.82) is 0 Å². The van der Waals surface area contributed by atoms with E-state index in [1.165, 1.54) is 19.3 Å². The number of carbonyl (C=O) groups is 2. The molecule has 2 nitrogen and oxygen atoms in total. The van der Waals surface area contributed by atoms with Crippen LogP contribution in [0.3, 0.4) is 0 Å². The van der Waals surface area contributed by atoms with Crippen molar-refractivity contribution in [1.82, 2.24) is 0 Å². The predicted molar refractivity (Wildman–Crippen MR) is 81.7 cm³/mol. The molecule has 4 aliphatic carbocycles. The fraction of sp³-hybridized carbons (Fsp3) is 0.895. The summed E-state index contributed by atoms with van der Waals surface area (Å²) < 4.78 is 0. The Morgan fingerprint density at radius 3 is 2.52 bits per heavy atom. The molecule has 0 bridgehead atoms. The van der Waals surface area contributed by atoms with Gasteiger partial charge in [-0.25, -0.2) is 0 Å². The third-order valence-corrected chi connectivity index (χ3v) is 8.12. The van der Waals surface area contributed by atoms with Crippen molar-refractivity contribution < 1.29 is 9.59 Å². The van der Waals surface area contributed by atoms with Crippen LogP contribution < -0.4 is 0 Å². The van der Waals surface area contributed by atoms with Crippen molar-refractivity contribution in [2.75, 3.05) is 0 Å². The fourth-order valence-electron chi connectivity index (χ4n) is 6.90. The third-order valence-electron chi connectivity index (χ3n) is 8.12. The molecule has 6 atom stereocenters. The molecule has 4 aliphatic rings. The summed E-state index contributed by atoms with van der Waals surface area (Å²) in [5.41, 5.74) is 0.217. The number of ketones is 2. The Kier molecular flexibility index (Phi) is 2.94. The molecule has 0 aromatic heterocycles. The maximum Gasteiger partial charge on any atom is 0.139 e. The minimum Gasteiger partial charge on any atom is -0.300 e. The minimum atomic E-state index is -0.0248. The summed E-state index contributed by atoms with van der Waals surface area (Å²) in [6, 6.07) is 0. The SMILES string of the molecule is C[C@]12CC(=O)CC[C@@H]1CC[C@@H]1[C@@H]2CC[C@]2(C)C(=O)CC[C@@H]12. The quantitative estimate of drug-likeness (QED) is 0.670. The van der Waals surface area contributed by atoms with Gasteiger partial charge in [0, 0.05) is 24.7 Å².